The lowest BCUT2D eigenvalue weighted by molar-refractivity contribution is 0.0132. The molecule has 0 unspecified atom stereocenters. The first-order valence-electron chi connectivity index (χ1n) is 7.43. The zero-order valence-electron chi connectivity index (χ0n) is 13.0. The molecule has 2 heterocycles. The third-order valence-corrected chi connectivity index (χ3v) is 4.73. The van der Waals surface area contributed by atoms with E-state index in [1.165, 1.54) is 0 Å². The van der Waals surface area contributed by atoms with Gasteiger partial charge in [-0.1, -0.05) is 25.4 Å². The highest BCUT2D eigenvalue weighted by molar-refractivity contribution is 6.31. The van der Waals surface area contributed by atoms with Gasteiger partial charge in [-0.3, -0.25) is 4.68 Å². The molecule has 1 saturated heterocycles. The van der Waals surface area contributed by atoms with Crippen LogP contribution in [0, 0.1) is 12.3 Å². The van der Waals surface area contributed by atoms with Crippen LogP contribution >= 0.6 is 11.6 Å². The Morgan fingerprint density at radius 3 is 2.55 bits per heavy atom. The van der Waals surface area contributed by atoms with E-state index in [1.807, 2.05) is 18.7 Å². The van der Waals surface area contributed by atoms with Gasteiger partial charge in [-0.25, -0.2) is 0 Å². The Balaban J connectivity index is 2.18. The fourth-order valence-corrected chi connectivity index (χ4v) is 3.10. The van der Waals surface area contributed by atoms with Gasteiger partial charge in [-0.15, -0.1) is 0 Å². The Morgan fingerprint density at radius 2 is 2.05 bits per heavy atom. The van der Waals surface area contributed by atoms with Gasteiger partial charge in [0.2, 0.25) is 0 Å². The maximum Gasteiger partial charge on any atom is 0.0847 e. The molecular weight excluding hydrogens is 274 g/mol. The van der Waals surface area contributed by atoms with Crippen LogP contribution in [-0.2, 0) is 18.2 Å². The Bertz CT molecular complexity index is 450. The summed E-state index contributed by atoms with van der Waals surface area (Å²) in [5, 5.41) is 8.85. The molecule has 1 aromatic rings. The van der Waals surface area contributed by atoms with Crippen molar-refractivity contribution < 1.29 is 4.74 Å². The van der Waals surface area contributed by atoms with Gasteiger partial charge in [0.05, 0.1) is 16.4 Å². The number of hydrogen-bond donors (Lipinski definition) is 1. The lowest BCUT2D eigenvalue weighted by Gasteiger charge is -2.38. The highest BCUT2D eigenvalue weighted by Gasteiger charge is 2.34. The van der Waals surface area contributed by atoms with Crippen molar-refractivity contribution in [1.29, 1.82) is 0 Å². The number of halogens is 1. The molecule has 0 bridgehead atoms. The van der Waals surface area contributed by atoms with Gasteiger partial charge < -0.3 is 10.1 Å². The summed E-state index contributed by atoms with van der Waals surface area (Å²) in [7, 11) is 1.98. The SMILES string of the molecule is Cc1nn(C)c(CC2(CNC(C)C)CCOCC2)c1Cl. The monoisotopic (exact) mass is 299 g/mol. The molecule has 1 aliphatic rings. The number of nitrogens with zero attached hydrogens (tertiary/aromatic N) is 2. The zero-order chi connectivity index (χ0) is 14.8. The predicted molar refractivity (Wildman–Crippen MR) is 82.3 cm³/mol. The number of ether oxygens (including phenoxy) is 1. The van der Waals surface area contributed by atoms with Crippen LogP contribution in [0.2, 0.25) is 5.02 Å². The van der Waals surface area contributed by atoms with Gasteiger partial charge in [0.1, 0.15) is 0 Å². The molecule has 0 radical (unpaired) electrons. The van der Waals surface area contributed by atoms with E-state index in [2.05, 4.69) is 24.3 Å². The summed E-state index contributed by atoms with van der Waals surface area (Å²) in [5.41, 5.74) is 2.30. The third-order valence-electron chi connectivity index (χ3n) is 4.24. The van der Waals surface area contributed by atoms with E-state index >= 15 is 0 Å². The maximum atomic E-state index is 6.42. The summed E-state index contributed by atoms with van der Waals surface area (Å²) in [6.07, 6.45) is 3.12. The molecule has 0 atom stereocenters. The molecule has 5 heteroatoms. The van der Waals surface area contributed by atoms with Gasteiger partial charge in [-0.05, 0) is 31.6 Å². The molecule has 1 aliphatic heterocycles. The number of aryl methyl sites for hydroxylation is 2. The molecule has 0 aromatic carbocycles. The van der Waals surface area contributed by atoms with E-state index < -0.39 is 0 Å². The molecule has 114 valence electrons. The van der Waals surface area contributed by atoms with Crippen molar-refractivity contribution in [1.82, 2.24) is 15.1 Å². The fourth-order valence-electron chi connectivity index (χ4n) is 2.87. The lowest BCUT2D eigenvalue weighted by atomic mass is 9.76. The van der Waals surface area contributed by atoms with Gasteiger partial charge in [0.25, 0.3) is 0 Å². The summed E-state index contributed by atoms with van der Waals surface area (Å²) >= 11 is 6.42. The van der Waals surface area contributed by atoms with Crippen molar-refractivity contribution in [3.05, 3.63) is 16.4 Å². The van der Waals surface area contributed by atoms with Crippen LogP contribution in [-0.4, -0.2) is 35.6 Å². The summed E-state index contributed by atoms with van der Waals surface area (Å²) in [6.45, 7) is 9.04. The van der Waals surface area contributed by atoms with Gasteiger partial charge in [0.15, 0.2) is 0 Å². The van der Waals surface area contributed by atoms with Crippen molar-refractivity contribution in [2.24, 2.45) is 12.5 Å². The molecule has 0 spiro atoms. The van der Waals surface area contributed by atoms with Crippen molar-refractivity contribution in [3.8, 4) is 0 Å². The van der Waals surface area contributed by atoms with E-state index in [9.17, 15) is 0 Å². The molecule has 0 amide bonds. The van der Waals surface area contributed by atoms with Gasteiger partial charge in [-0.2, -0.15) is 5.10 Å². The van der Waals surface area contributed by atoms with Crippen LogP contribution in [0.1, 0.15) is 38.1 Å². The van der Waals surface area contributed by atoms with Gasteiger partial charge in [0, 0.05) is 32.8 Å². The largest absolute Gasteiger partial charge is 0.381 e. The van der Waals surface area contributed by atoms with Crippen LogP contribution in [0.25, 0.3) is 0 Å². The summed E-state index contributed by atoms with van der Waals surface area (Å²) in [4.78, 5) is 0. The Hall–Kier alpha value is -0.580. The minimum Gasteiger partial charge on any atom is -0.381 e. The van der Waals surface area contributed by atoms with Crippen molar-refractivity contribution in [2.45, 2.75) is 46.1 Å². The predicted octanol–water partition coefficient (Wildman–Crippen LogP) is 2.72. The van der Waals surface area contributed by atoms with E-state index in [-0.39, 0.29) is 5.41 Å². The van der Waals surface area contributed by atoms with Crippen molar-refractivity contribution in [3.63, 3.8) is 0 Å². The lowest BCUT2D eigenvalue weighted by Crippen LogP contribution is -2.43. The van der Waals surface area contributed by atoms with Gasteiger partial charge >= 0.3 is 0 Å². The zero-order valence-corrected chi connectivity index (χ0v) is 13.8. The Kier molecular flexibility index (Phi) is 5.10. The topological polar surface area (TPSA) is 39.1 Å². The standard InChI is InChI=1S/C15H26ClN3O/c1-11(2)17-10-15(5-7-20-8-6-15)9-13-14(16)12(3)18-19(13)4/h11,17H,5-10H2,1-4H3. The minimum atomic E-state index is 0.229. The second-order valence-electron chi connectivity index (χ2n) is 6.29. The first-order valence-corrected chi connectivity index (χ1v) is 7.80. The molecular formula is C15H26ClN3O. The van der Waals surface area contributed by atoms with Crippen LogP contribution in [0.15, 0.2) is 0 Å². The highest BCUT2D eigenvalue weighted by Crippen LogP contribution is 2.36. The summed E-state index contributed by atoms with van der Waals surface area (Å²) in [5.74, 6) is 0. The van der Waals surface area contributed by atoms with E-state index in [1.54, 1.807) is 0 Å². The molecule has 4 nitrogen and oxygen atoms in total. The average Bonchev–Trinajstić information content (AvgIpc) is 2.64. The van der Waals surface area contributed by atoms with Crippen LogP contribution < -0.4 is 5.32 Å². The Morgan fingerprint density at radius 1 is 1.40 bits per heavy atom. The molecule has 20 heavy (non-hydrogen) atoms. The normalized spacial score (nSPS) is 18.7. The average molecular weight is 300 g/mol. The first-order chi connectivity index (χ1) is 9.43. The third kappa shape index (κ3) is 3.54. The molecule has 1 fully saturated rings. The van der Waals surface area contributed by atoms with Crippen LogP contribution in [0.4, 0.5) is 0 Å². The van der Waals surface area contributed by atoms with E-state index in [0.29, 0.717) is 6.04 Å². The molecule has 1 N–H and O–H groups in total. The fraction of sp³-hybridized carbons (Fsp3) is 0.800. The second-order valence-corrected chi connectivity index (χ2v) is 6.67. The quantitative estimate of drug-likeness (QED) is 0.908. The molecule has 1 aromatic heterocycles. The molecule has 0 saturated carbocycles. The van der Waals surface area contributed by atoms with E-state index in [4.69, 9.17) is 16.3 Å². The molecule has 2 rings (SSSR count). The minimum absolute atomic E-state index is 0.229. The smallest absolute Gasteiger partial charge is 0.0847 e. The van der Waals surface area contributed by atoms with Crippen molar-refractivity contribution >= 4 is 11.6 Å². The van der Waals surface area contributed by atoms with Crippen LogP contribution in [0.5, 0.6) is 0 Å². The number of hydrogen-bond acceptors (Lipinski definition) is 3. The Labute approximate surface area is 126 Å². The summed E-state index contributed by atoms with van der Waals surface area (Å²) < 4.78 is 7.49. The molecule has 0 aliphatic carbocycles. The number of aromatic nitrogens is 2. The number of rotatable bonds is 5. The summed E-state index contributed by atoms with van der Waals surface area (Å²) in [6, 6.07) is 0.499. The maximum absolute atomic E-state index is 6.42. The highest BCUT2D eigenvalue weighted by atomic mass is 35.5. The second kappa shape index (κ2) is 6.46. The van der Waals surface area contributed by atoms with Crippen LogP contribution in [0.3, 0.4) is 0 Å². The van der Waals surface area contributed by atoms with E-state index in [0.717, 1.165) is 55.4 Å². The van der Waals surface area contributed by atoms with Crippen molar-refractivity contribution in [2.75, 3.05) is 19.8 Å². The number of nitrogens with one attached hydrogen (secondary N) is 1. The first kappa shape index (κ1) is 15.8.